The van der Waals surface area contributed by atoms with Gasteiger partial charge in [-0.25, -0.2) is 0 Å². The van der Waals surface area contributed by atoms with Crippen molar-refractivity contribution in [2.75, 3.05) is 6.61 Å². The molecule has 5 heteroatoms. The normalized spacial score (nSPS) is 10.4. The molecule has 4 nitrogen and oxygen atoms in total. The van der Waals surface area contributed by atoms with Crippen LogP contribution in [-0.4, -0.2) is 17.6 Å². The Morgan fingerprint density at radius 1 is 1.19 bits per heavy atom. The van der Waals surface area contributed by atoms with Gasteiger partial charge < -0.3 is 15.6 Å². The van der Waals surface area contributed by atoms with Gasteiger partial charge in [-0.2, -0.15) is 0 Å². The summed E-state index contributed by atoms with van der Waals surface area (Å²) >= 11 is 6.11. The number of hydrogen-bond donors (Lipinski definition) is 2. The van der Waals surface area contributed by atoms with Crippen LogP contribution in [0.25, 0.3) is 0 Å². The Labute approximate surface area is 128 Å². The first-order chi connectivity index (χ1) is 10.1. The lowest BCUT2D eigenvalue weighted by Gasteiger charge is -2.12. The molecule has 0 fully saturated rings. The highest BCUT2D eigenvalue weighted by Gasteiger charge is 2.08. The summed E-state index contributed by atoms with van der Waals surface area (Å²) in [5.74, 6) is 0.194. The summed E-state index contributed by atoms with van der Waals surface area (Å²) < 4.78 is 5.75. The topological polar surface area (TPSA) is 72.6 Å². The molecule has 2 rings (SSSR count). The second-order valence-corrected chi connectivity index (χ2v) is 4.95. The van der Waals surface area contributed by atoms with Crippen LogP contribution in [0.5, 0.6) is 5.75 Å². The number of halogens is 1. The second-order valence-electron chi connectivity index (χ2n) is 4.54. The molecule has 0 aliphatic rings. The maximum absolute atomic E-state index is 11.1. The molecule has 0 aromatic heterocycles. The van der Waals surface area contributed by atoms with E-state index in [2.05, 4.69) is 0 Å². The van der Waals surface area contributed by atoms with Crippen molar-refractivity contribution in [3.05, 3.63) is 64.2 Å². The Bertz CT molecular complexity index is 643. The lowest BCUT2D eigenvalue weighted by molar-refractivity contribution is 0.1000. The largest absolute Gasteiger partial charge is 0.489 e. The molecule has 110 valence electrons. The zero-order valence-electron chi connectivity index (χ0n) is 11.4. The Kier molecular flexibility index (Phi) is 5.20. The maximum Gasteiger partial charge on any atom is 0.248 e. The quantitative estimate of drug-likeness (QED) is 0.861. The van der Waals surface area contributed by atoms with Crippen LogP contribution in [0.1, 0.15) is 21.5 Å². The van der Waals surface area contributed by atoms with Crippen molar-refractivity contribution in [3.63, 3.8) is 0 Å². The molecule has 0 atom stereocenters. The van der Waals surface area contributed by atoms with Gasteiger partial charge in [-0.15, -0.1) is 0 Å². The smallest absolute Gasteiger partial charge is 0.248 e. The molecule has 0 aliphatic carbocycles. The molecule has 0 heterocycles. The van der Waals surface area contributed by atoms with Crippen molar-refractivity contribution in [3.8, 4) is 5.75 Å². The number of ether oxygens (including phenoxy) is 1. The van der Waals surface area contributed by atoms with E-state index >= 15 is 0 Å². The first kappa shape index (κ1) is 15.4. The van der Waals surface area contributed by atoms with Crippen LogP contribution in [0.15, 0.2) is 42.5 Å². The molecule has 0 unspecified atom stereocenters. The molecule has 0 radical (unpaired) electrons. The summed E-state index contributed by atoms with van der Waals surface area (Å²) in [5, 5.41) is 9.47. The molecular weight excluding hydrogens is 290 g/mol. The van der Waals surface area contributed by atoms with Gasteiger partial charge in [0.2, 0.25) is 5.91 Å². The summed E-state index contributed by atoms with van der Waals surface area (Å²) in [7, 11) is 0. The van der Waals surface area contributed by atoms with Crippen molar-refractivity contribution in [1.82, 2.24) is 0 Å². The van der Waals surface area contributed by atoms with Crippen molar-refractivity contribution >= 4 is 17.5 Å². The fraction of sp³-hybridized carbons (Fsp3) is 0.188. The average Bonchev–Trinajstić information content (AvgIpc) is 2.47. The number of carbonyl (C=O) groups is 1. The van der Waals surface area contributed by atoms with Crippen molar-refractivity contribution in [1.29, 1.82) is 0 Å². The maximum atomic E-state index is 11.1. The zero-order chi connectivity index (χ0) is 15.2. The highest BCUT2D eigenvalue weighted by atomic mass is 35.5. The Hall–Kier alpha value is -2.04. The molecule has 0 saturated carbocycles. The van der Waals surface area contributed by atoms with Crippen LogP contribution in [0.2, 0.25) is 5.02 Å². The molecule has 0 aliphatic heterocycles. The number of rotatable bonds is 6. The third kappa shape index (κ3) is 3.97. The van der Waals surface area contributed by atoms with Crippen LogP contribution in [-0.2, 0) is 13.0 Å². The van der Waals surface area contributed by atoms with E-state index < -0.39 is 5.91 Å². The summed E-state index contributed by atoms with van der Waals surface area (Å²) in [6.45, 7) is 0.342. The summed E-state index contributed by atoms with van der Waals surface area (Å²) in [5.41, 5.74) is 7.26. The lowest BCUT2D eigenvalue weighted by Crippen LogP contribution is -2.11. The number of para-hydroxylation sites is 1. The van der Waals surface area contributed by atoms with Crippen LogP contribution < -0.4 is 10.5 Å². The molecule has 0 saturated heterocycles. The molecule has 0 spiro atoms. The van der Waals surface area contributed by atoms with Crippen LogP contribution >= 0.6 is 11.6 Å². The van der Waals surface area contributed by atoms with Gasteiger partial charge in [0, 0.05) is 22.8 Å². The zero-order valence-corrected chi connectivity index (χ0v) is 12.1. The van der Waals surface area contributed by atoms with E-state index in [1.54, 1.807) is 12.1 Å². The third-order valence-electron chi connectivity index (χ3n) is 3.07. The van der Waals surface area contributed by atoms with Crippen molar-refractivity contribution in [2.24, 2.45) is 5.73 Å². The Morgan fingerprint density at radius 3 is 2.62 bits per heavy atom. The SMILES string of the molecule is NC(=O)c1ccc(COc2ccccc2CCO)c(Cl)c1. The van der Waals surface area contributed by atoms with Gasteiger partial charge in [-0.05, 0) is 30.2 Å². The van der Waals surface area contributed by atoms with Gasteiger partial charge >= 0.3 is 0 Å². The number of primary amides is 1. The summed E-state index contributed by atoms with van der Waals surface area (Å²) in [4.78, 5) is 11.1. The standard InChI is InChI=1S/C16H16ClNO3/c17-14-9-12(16(18)20)5-6-13(14)10-21-15-4-2-1-3-11(15)7-8-19/h1-6,9,19H,7-8,10H2,(H2,18,20). The molecule has 21 heavy (non-hydrogen) atoms. The number of benzene rings is 2. The van der Waals surface area contributed by atoms with E-state index in [9.17, 15) is 4.79 Å². The van der Waals surface area contributed by atoms with E-state index in [1.807, 2.05) is 24.3 Å². The fourth-order valence-corrected chi connectivity index (χ4v) is 2.18. The predicted octanol–water partition coefficient (Wildman–Crippen LogP) is 2.55. The van der Waals surface area contributed by atoms with Crippen LogP contribution in [0.3, 0.4) is 0 Å². The monoisotopic (exact) mass is 305 g/mol. The summed E-state index contributed by atoms with van der Waals surface area (Å²) in [6.07, 6.45) is 0.532. The average molecular weight is 306 g/mol. The van der Waals surface area contributed by atoms with Crippen LogP contribution in [0.4, 0.5) is 0 Å². The van der Waals surface area contributed by atoms with Gasteiger partial charge in [0.1, 0.15) is 12.4 Å². The van der Waals surface area contributed by atoms with Crippen molar-refractivity contribution in [2.45, 2.75) is 13.0 Å². The Balaban J connectivity index is 2.11. The highest BCUT2D eigenvalue weighted by Crippen LogP contribution is 2.23. The minimum Gasteiger partial charge on any atom is -0.489 e. The van der Waals surface area contributed by atoms with Gasteiger partial charge in [-0.3, -0.25) is 4.79 Å². The van der Waals surface area contributed by atoms with E-state index in [0.29, 0.717) is 22.8 Å². The molecule has 2 aromatic rings. The third-order valence-corrected chi connectivity index (χ3v) is 3.43. The second kappa shape index (κ2) is 7.11. The minimum atomic E-state index is -0.516. The highest BCUT2D eigenvalue weighted by molar-refractivity contribution is 6.31. The van der Waals surface area contributed by atoms with Crippen LogP contribution in [0, 0.1) is 0 Å². The first-order valence-electron chi connectivity index (χ1n) is 6.51. The number of hydrogen-bond acceptors (Lipinski definition) is 3. The lowest BCUT2D eigenvalue weighted by atomic mass is 10.1. The van der Waals surface area contributed by atoms with Gasteiger partial charge in [0.15, 0.2) is 0 Å². The number of amides is 1. The van der Waals surface area contributed by atoms with Gasteiger partial charge in [-0.1, -0.05) is 35.9 Å². The Morgan fingerprint density at radius 2 is 1.95 bits per heavy atom. The number of aliphatic hydroxyl groups is 1. The van der Waals surface area contributed by atoms with E-state index in [0.717, 1.165) is 11.1 Å². The number of nitrogens with two attached hydrogens (primary N) is 1. The van der Waals surface area contributed by atoms with Gasteiger partial charge in [0.25, 0.3) is 0 Å². The molecular formula is C16H16ClNO3. The molecule has 2 aromatic carbocycles. The van der Waals surface area contributed by atoms with E-state index in [4.69, 9.17) is 27.2 Å². The molecule has 3 N–H and O–H groups in total. The van der Waals surface area contributed by atoms with E-state index in [-0.39, 0.29) is 13.2 Å². The fourth-order valence-electron chi connectivity index (χ4n) is 1.94. The van der Waals surface area contributed by atoms with Gasteiger partial charge in [0.05, 0.1) is 0 Å². The van der Waals surface area contributed by atoms with E-state index in [1.165, 1.54) is 6.07 Å². The number of aliphatic hydroxyl groups excluding tert-OH is 1. The summed E-state index contributed by atoms with van der Waals surface area (Å²) in [6, 6.07) is 12.4. The number of carbonyl (C=O) groups excluding carboxylic acids is 1. The van der Waals surface area contributed by atoms with Crippen molar-refractivity contribution < 1.29 is 14.6 Å². The molecule has 0 bridgehead atoms. The minimum absolute atomic E-state index is 0.0639. The molecule has 1 amide bonds. The predicted molar refractivity (Wildman–Crippen MR) is 81.5 cm³/mol. The first-order valence-corrected chi connectivity index (χ1v) is 6.89.